The molecule has 1 atom stereocenters. The van der Waals surface area contributed by atoms with Crippen LogP contribution in [0.5, 0.6) is 0 Å². The van der Waals surface area contributed by atoms with E-state index in [1.54, 1.807) is 6.20 Å². The summed E-state index contributed by atoms with van der Waals surface area (Å²) >= 11 is 3.45. The van der Waals surface area contributed by atoms with Gasteiger partial charge in [-0.15, -0.1) is 0 Å². The first-order valence-corrected chi connectivity index (χ1v) is 7.67. The predicted octanol–water partition coefficient (Wildman–Crippen LogP) is 1.88. The molecule has 110 valence electrons. The molecule has 1 amide bonds. The van der Waals surface area contributed by atoms with Crippen LogP contribution < -0.4 is 10.2 Å². The molecule has 1 N–H and O–H groups in total. The van der Waals surface area contributed by atoms with Gasteiger partial charge in [0, 0.05) is 23.8 Å². The molecule has 0 aromatic carbocycles. The van der Waals surface area contributed by atoms with Crippen molar-refractivity contribution in [3.63, 3.8) is 0 Å². The Labute approximate surface area is 127 Å². The first-order chi connectivity index (χ1) is 9.63. The maximum absolute atomic E-state index is 12.2. The van der Waals surface area contributed by atoms with Crippen LogP contribution in [0.1, 0.15) is 18.9 Å². The number of amides is 1. The van der Waals surface area contributed by atoms with Crippen molar-refractivity contribution in [2.24, 2.45) is 0 Å². The van der Waals surface area contributed by atoms with Crippen molar-refractivity contribution in [2.75, 3.05) is 31.2 Å². The number of carbonyl (C=O) groups excluding carboxylic acids is 1. The maximum Gasteiger partial charge on any atom is 0.245 e. The van der Waals surface area contributed by atoms with E-state index in [1.807, 2.05) is 24.8 Å². The Morgan fingerprint density at radius 1 is 1.65 bits per heavy atom. The summed E-state index contributed by atoms with van der Waals surface area (Å²) in [6, 6.07) is 1.69. The molecule has 1 aromatic heterocycles. The van der Waals surface area contributed by atoms with Gasteiger partial charge in [0.15, 0.2) is 0 Å². The number of nitrogens with one attached hydrogen (secondary N) is 1. The van der Waals surface area contributed by atoms with Crippen LogP contribution in [0.15, 0.2) is 16.7 Å². The van der Waals surface area contributed by atoms with Gasteiger partial charge in [-0.2, -0.15) is 0 Å². The minimum atomic E-state index is -0.302. The van der Waals surface area contributed by atoms with Crippen LogP contribution in [0.3, 0.4) is 0 Å². The minimum Gasteiger partial charge on any atom is -0.377 e. The molecular formula is C14H20BrN3O2. The van der Waals surface area contributed by atoms with Gasteiger partial charge < -0.3 is 15.0 Å². The molecule has 0 radical (unpaired) electrons. The van der Waals surface area contributed by atoms with Gasteiger partial charge in [0.2, 0.25) is 5.91 Å². The second-order valence-electron chi connectivity index (χ2n) is 4.87. The van der Waals surface area contributed by atoms with E-state index >= 15 is 0 Å². The molecule has 0 spiro atoms. The van der Waals surface area contributed by atoms with Crippen molar-refractivity contribution in [3.8, 4) is 0 Å². The zero-order chi connectivity index (χ0) is 14.5. The summed E-state index contributed by atoms with van der Waals surface area (Å²) in [5, 5.41) is 2.93. The molecule has 1 aliphatic rings. The fraction of sp³-hybridized carbons (Fsp3) is 0.571. The monoisotopic (exact) mass is 341 g/mol. The molecule has 0 aliphatic carbocycles. The topological polar surface area (TPSA) is 54.5 Å². The largest absolute Gasteiger partial charge is 0.377 e. The normalized spacial score (nSPS) is 18.9. The number of aromatic nitrogens is 1. The number of rotatable bonds is 4. The number of hydrogen-bond acceptors (Lipinski definition) is 4. The Morgan fingerprint density at radius 2 is 2.45 bits per heavy atom. The smallest absolute Gasteiger partial charge is 0.245 e. The molecule has 1 aliphatic heterocycles. The Bertz CT molecular complexity index is 481. The van der Waals surface area contributed by atoms with Crippen molar-refractivity contribution < 1.29 is 9.53 Å². The first kappa shape index (κ1) is 15.3. The van der Waals surface area contributed by atoms with Gasteiger partial charge in [0.25, 0.3) is 0 Å². The predicted molar refractivity (Wildman–Crippen MR) is 81.9 cm³/mol. The summed E-state index contributed by atoms with van der Waals surface area (Å²) in [6.07, 6.45) is 2.70. The molecule has 2 rings (SSSR count). The third-order valence-corrected chi connectivity index (χ3v) is 4.14. The molecule has 1 aromatic rings. The number of morpholine rings is 1. The standard InChI is InChI=1S/C14H20BrN3O2/c1-3-4-16-14(19)12-9-20-6-5-18(12)13-7-10(2)11(15)8-17-13/h7-8,12H,3-6,9H2,1-2H3,(H,16,19). The van der Waals surface area contributed by atoms with E-state index in [0.29, 0.717) is 26.3 Å². The summed E-state index contributed by atoms with van der Waals surface area (Å²) in [4.78, 5) is 18.7. The lowest BCUT2D eigenvalue weighted by molar-refractivity contribution is -0.124. The molecule has 6 heteroatoms. The van der Waals surface area contributed by atoms with Crippen molar-refractivity contribution in [2.45, 2.75) is 26.3 Å². The average Bonchev–Trinajstić information content (AvgIpc) is 2.47. The number of nitrogens with zero attached hydrogens (tertiary/aromatic N) is 2. The van der Waals surface area contributed by atoms with E-state index < -0.39 is 0 Å². The molecule has 2 heterocycles. The number of carbonyl (C=O) groups is 1. The highest BCUT2D eigenvalue weighted by molar-refractivity contribution is 9.10. The SMILES string of the molecule is CCCNC(=O)C1COCCN1c1cc(C)c(Br)cn1. The van der Waals surface area contributed by atoms with Gasteiger partial charge in [0.05, 0.1) is 13.2 Å². The van der Waals surface area contributed by atoms with E-state index in [9.17, 15) is 4.79 Å². The van der Waals surface area contributed by atoms with Crippen LogP contribution in [-0.2, 0) is 9.53 Å². The average molecular weight is 342 g/mol. The number of aryl methyl sites for hydroxylation is 1. The van der Waals surface area contributed by atoms with Gasteiger partial charge >= 0.3 is 0 Å². The van der Waals surface area contributed by atoms with E-state index in [-0.39, 0.29) is 11.9 Å². The highest BCUT2D eigenvalue weighted by atomic mass is 79.9. The molecule has 1 unspecified atom stereocenters. The van der Waals surface area contributed by atoms with Gasteiger partial charge in [-0.25, -0.2) is 4.98 Å². The summed E-state index contributed by atoms with van der Waals surface area (Å²) in [5.74, 6) is 0.833. The summed E-state index contributed by atoms with van der Waals surface area (Å²) in [6.45, 7) is 6.45. The molecule has 1 fully saturated rings. The highest BCUT2D eigenvalue weighted by Crippen LogP contribution is 2.23. The highest BCUT2D eigenvalue weighted by Gasteiger charge is 2.30. The fourth-order valence-corrected chi connectivity index (χ4v) is 2.36. The van der Waals surface area contributed by atoms with E-state index in [2.05, 4.69) is 26.2 Å². The zero-order valence-corrected chi connectivity index (χ0v) is 13.4. The summed E-state index contributed by atoms with van der Waals surface area (Å²) in [7, 11) is 0. The zero-order valence-electron chi connectivity index (χ0n) is 11.9. The molecule has 0 saturated carbocycles. The minimum absolute atomic E-state index is 0.00826. The Morgan fingerprint density at radius 3 is 3.15 bits per heavy atom. The van der Waals surface area contributed by atoms with Gasteiger partial charge in [-0.1, -0.05) is 6.92 Å². The van der Waals surface area contributed by atoms with Crippen LogP contribution in [0.25, 0.3) is 0 Å². The van der Waals surface area contributed by atoms with Gasteiger partial charge in [0.1, 0.15) is 11.9 Å². The number of anilines is 1. The number of pyridine rings is 1. The Balaban J connectivity index is 2.17. The molecular weight excluding hydrogens is 322 g/mol. The van der Waals surface area contributed by atoms with Crippen LogP contribution in [0.4, 0.5) is 5.82 Å². The Kier molecular flexibility index (Phi) is 5.37. The molecule has 1 saturated heterocycles. The van der Waals surface area contributed by atoms with Crippen LogP contribution >= 0.6 is 15.9 Å². The second kappa shape index (κ2) is 7.04. The molecule has 5 nitrogen and oxygen atoms in total. The van der Waals surface area contributed by atoms with E-state index in [4.69, 9.17) is 4.74 Å². The molecule has 20 heavy (non-hydrogen) atoms. The van der Waals surface area contributed by atoms with E-state index in [0.717, 1.165) is 22.3 Å². The number of ether oxygens (including phenoxy) is 1. The third-order valence-electron chi connectivity index (χ3n) is 3.31. The fourth-order valence-electron chi connectivity index (χ4n) is 2.14. The second-order valence-corrected chi connectivity index (χ2v) is 5.72. The summed E-state index contributed by atoms with van der Waals surface area (Å²) in [5.41, 5.74) is 1.11. The third kappa shape index (κ3) is 3.49. The van der Waals surface area contributed by atoms with Crippen LogP contribution in [-0.4, -0.2) is 43.2 Å². The lowest BCUT2D eigenvalue weighted by Gasteiger charge is -2.35. The number of hydrogen-bond donors (Lipinski definition) is 1. The van der Waals surface area contributed by atoms with Crippen molar-refractivity contribution in [1.82, 2.24) is 10.3 Å². The van der Waals surface area contributed by atoms with Gasteiger partial charge in [-0.3, -0.25) is 4.79 Å². The van der Waals surface area contributed by atoms with Crippen LogP contribution in [0.2, 0.25) is 0 Å². The first-order valence-electron chi connectivity index (χ1n) is 6.87. The lowest BCUT2D eigenvalue weighted by Crippen LogP contribution is -2.54. The van der Waals surface area contributed by atoms with Crippen LogP contribution in [0, 0.1) is 6.92 Å². The van der Waals surface area contributed by atoms with Crippen molar-refractivity contribution in [3.05, 3.63) is 22.3 Å². The quantitative estimate of drug-likeness (QED) is 0.908. The van der Waals surface area contributed by atoms with Gasteiger partial charge in [-0.05, 0) is 40.9 Å². The number of halogens is 1. The Hall–Kier alpha value is -1.14. The lowest BCUT2D eigenvalue weighted by atomic mass is 10.2. The molecule has 0 bridgehead atoms. The van der Waals surface area contributed by atoms with Crippen molar-refractivity contribution >= 4 is 27.7 Å². The summed E-state index contributed by atoms with van der Waals surface area (Å²) < 4.78 is 6.42. The maximum atomic E-state index is 12.2. The van der Waals surface area contributed by atoms with E-state index in [1.165, 1.54) is 0 Å². The van der Waals surface area contributed by atoms with Crippen molar-refractivity contribution in [1.29, 1.82) is 0 Å².